The zero-order valence-electron chi connectivity index (χ0n) is 35.0. The molecule has 0 bridgehead atoms. The number of rotatable bonds is 8. The zero-order valence-corrected chi connectivity index (χ0v) is 35.0. The molecule has 0 N–H and O–H groups in total. The third-order valence-electron chi connectivity index (χ3n) is 12.7. The highest BCUT2D eigenvalue weighted by Gasteiger charge is 2.24. The second-order valence-electron chi connectivity index (χ2n) is 16.4. The fraction of sp³-hybridized carbons (Fsp3) is 0. The third-order valence-corrected chi connectivity index (χ3v) is 12.7. The second kappa shape index (κ2) is 15.8. The fourth-order valence-corrected chi connectivity index (χ4v) is 9.70. The maximum Gasteiger partial charge on any atom is 0.143 e. The van der Waals surface area contributed by atoms with Gasteiger partial charge in [-0.05, 0) is 97.1 Å². The fourth-order valence-electron chi connectivity index (χ4n) is 9.70. The van der Waals surface area contributed by atoms with Gasteiger partial charge in [-0.1, -0.05) is 212 Å². The quantitative estimate of drug-likeness (QED) is 0.142. The number of para-hydroxylation sites is 2. The standard InChI is InChI=1S/C62H41NO/c1-4-18-42(19-5-1)46-36-39-50(43-20-6-2-7-21-43)58(41-46)44-34-37-48(38-35-44)63(49-25-16-24-47(40-49)51-31-17-32-57-54-28-14-15-33-59(54)64-62(51)57)61-56-30-13-11-27-53(56)52-26-10-12-29-55(52)60(61)45-22-8-3-9-23-45/h1-41H. The molecule has 0 aliphatic heterocycles. The summed E-state index contributed by atoms with van der Waals surface area (Å²) in [6, 6.07) is 89.7. The monoisotopic (exact) mass is 815 g/mol. The lowest BCUT2D eigenvalue weighted by atomic mass is 9.89. The first-order chi connectivity index (χ1) is 31.8. The van der Waals surface area contributed by atoms with Crippen LogP contribution in [0.2, 0.25) is 0 Å². The van der Waals surface area contributed by atoms with Crippen molar-refractivity contribution in [3.8, 4) is 55.6 Å². The smallest absolute Gasteiger partial charge is 0.143 e. The van der Waals surface area contributed by atoms with Crippen molar-refractivity contribution in [2.24, 2.45) is 0 Å². The van der Waals surface area contributed by atoms with Crippen LogP contribution in [0.1, 0.15) is 0 Å². The molecule has 300 valence electrons. The van der Waals surface area contributed by atoms with Gasteiger partial charge in [0.05, 0.1) is 5.69 Å². The molecule has 0 unspecified atom stereocenters. The van der Waals surface area contributed by atoms with Crippen LogP contribution in [0, 0.1) is 0 Å². The summed E-state index contributed by atoms with van der Waals surface area (Å²) in [6.45, 7) is 0. The SMILES string of the molecule is c1ccc(-c2ccc(-c3ccccc3)c(-c3ccc(N(c4cccc(-c5cccc6c5oc5ccccc56)c4)c4c(-c5ccccc5)c5ccccc5c5ccccc45)cc3)c2)cc1. The molecular formula is C62H41NO. The molecule has 0 fully saturated rings. The molecule has 0 spiro atoms. The van der Waals surface area contributed by atoms with E-state index in [0.717, 1.165) is 61.3 Å². The van der Waals surface area contributed by atoms with Gasteiger partial charge in [-0.15, -0.1) is 0 Å². The number of hydrogen-bond acceptors (Lipinski definition) is 2. The van der Waals surface area contributed by atoms with E-state index >= 15 is 0 Å². The number of nitrogens with zero attached hydrogens (tertiary/aromatic N) is 1. The Labute approximate surface area is 372 Å². The van der Waals surface area contributed by atoms with E-state index in [0.29, 0.717) is 0 Å². The van der Waals surface area contributed by atoms with Gasteiger partial charge in [0, 0.05) is 38.7 Å². The minimum absolute atomic E-state index is 0.891. The van der Waals surface area contributed by atoms with Gasteiger partial charge in [-0.3, -0.25) is 0 Å². The van der Waals surface area contributed by atoms with E-state index in [1.165, 1.54) is 54.9 Å². The number of furan rings is 1. The molecule has 1 heterocycles. The Hall–Kier alpha value is -8.46. The topological polar surface area (TPSA) is 16.4 Å². The highest BCUT2D eigenvalue weighted by Crippen LogP contribution is 2.50. The van der Waals surface area contributed by atoms with Gasteiger partial charge in [-0.2, -0.15) is 0 Å². The summed E-state index contributed by atoms with van der Waals surface area (Å²) in [5.41, 5.74) is 16.6. The molecular weight excluding hydrogens is 775 g/mol. The molecule has 0 saturated carbocycles. The highest BCUT2D eigenvalue weighted by molar-refractivity contribution is 6.22. The Kier molecular flexibility index (Phi) is 9.20. The zero-order chi connectivity index (χ0) is 42.4. The molecule has 2 heteroatoms. The Morgan fingerprint density at radius 1 is 0.266 bits per heavy atom. The van der Waals surface area contributed by atoms with Crippen LogP contribution in [0.25, 0.3) is 99.1 Å². The predicted molar refractivity (Wildman–Crippen MR) is 271 cm³/mol. The van der Waals surface area contributed by atoms with Crippen molar-refractivity contribution < 1.29 is 4.42 Å². The number of anilines is 3. The lowest BCUT2D eigenvalue weighted by Crippen LogP contribution is -2.12. The van der Waals surface area contributed by atoms with Gasteiger partial charge >= 0.3 is 0 Å². The predicted octanol–water partition coefficient (Wildman–Crippen LogP) is 17.7. The van der Waals surface area contributed by atoms with Gasteiger partial charge < -0.3 is 9.32 Å². The van der Waals surface area contributed by atoms with Gasteiger partial charge in [0.25, 0.3) is 0 Å². The van der Waals surface area contributed by atoms with Crippen LogP contribution in [0.3, 0.4) is 0 Å². The largest absolute Gasteiger partial charge is 0.455 e. The van der Waals surface area contributed by atoms with Crippen molar-refractivity contribution in [1.29, 1.82) is 0 Å². The van der Waals surface area contributed by atoms with E-state index in [-0.39, 0.29) is 0 Å². The summed E-state index contributed by atoms with van der Waals surface area (Å²) < 4.78 is 6.61. The average molecular weight is 816 g/mol. The molecule has 0 radical (unpaired) electrons. The van der Waals surface area contributed by atoms with E-state index in [2.05, 4.69) is 248 Å². The Bertz CT molecular complexity index is 3650. The normalized spacial score (nSPS) is 11.4. The molecule has 0 atom stereocenters. The summed E-state index contributed by atoms with van der Waals surface area (Å²) in [7, 11) is 0. The van der Waals surface area contributed by atoms with Crippen LogP contribution in [0.5, 0.6) is 0 Å². The van der Waals surface area contributed by atoms with Crippen LogP contribution in [0.15, 0.2) is 253 Å². The summed E-state index contributed by atoms with van der Waals surface area (Å²) in [6.07, 6.45) is 0. The van der Waals surface area contributed by atoms with Gasteiger partial charge in [0.1, 0.15) is 11.2 Å². The van der Waals surface area contributed by atoms with Gasteiger partial charge in [0.15, 0.2) is 0 Å². The van der Waals surface area contributed by atoms with E-state index in [4.69, 9.17) is 4.42 Å². The van der Waals surface area contributed by atoms with Crippen LogP contribution in [0.4, 0.5) is 17.1 Å². The molecule has 11 aromatic carbocycles. The number of fused-ring (bicyclic) bond motifs is 6. The summed E-state index contributed by atoms with van der Waals surface area (Å²) in [5, 5.41) is 7.06. The summed E-state index contributed by atoms with van der Waals surface area (Å²) in [4.78, 5) is 2.47. The van der Waals surface area contributed by atoms with E-state index in [9.17, 15) is 0 Å². The Balaban J connectivity index is 1.11. The lowest BCUT2D eigenvalue weighted by molar-refractivity contribution is 0.670. The van der Waals surface area contributed by atoms with E-state index in [1.807, 2.05) is 6.07 Å². The third kappa shape index (κ3) is 6.44. The molecule has 64 heavy (non-hydrogen) atoms. The van der Waals surface area contributed by atoms with Crippen LogP contribution in [-0.4, -0.2) is 0 Å². The first-order valence-electron chi connectivity index (χ1n) is 21.9. The molecule has 12 aromatic rings. The van der Waals surface area contributed by atoms with E-state index in [1.54, 1.807) is 0 Å². The molecule has 2 nitrogen and oxygen atoms in total. The van der Waals surface area contributed by atoms with Crippen molar-refractivity contribution >= 4 is 60.5 Å². The average Bonchev–Trinajstić information content (AvgIpc) is 3.76. The first kappa shape index (κ1) is 37.3. The van der Waals surface area contributed by atoms with Crippen LogP contribution < -0.4 is 4.90 Å². The summed E-state index contributed by atoms with van der Waals surface area (Å²) >= 11 is 0. The minimum atomic E-state index is 0.891. The molecule has 0 amide bonds. The molecule has 0 aliphatic rings. The van der Waals surface area contributed by atoms with Crippen LogP contribution in [-0.2, 0) is 0 Å². The van der Waals surface area contributed by atoms with Gasteiger partial charge in [-0.25, -0.2) is 0 Å². The van der Waals surface area contributed by atoms with Gasteiger partial charge in [0.2, 0.25) is 0 Å². The van der Waals surface area contributed by atoms with Crippen molar-refractivity contribution in [2.75, 3.05) is 4.90 Å². The second-order valence-corrected chi connectivity index (χ2v) is 16.4. The van der Waals surface area contributed by atoms with E-state index < -0.39 is 0 Å². The van der Waals surface area contributed by atoms with Crippen LogP contribution >= 0.6 is 0 Å². The minimum Gasteiger partial charge on any atom is -0.455 e. The maximum absolute atomic E-state index is 6.61. The van der Waals surface area contributed by atoms with Crippen molar-refractivity contribution in [3.63, 3.8) is 0 Å². The van der Waals surface area contributed by atoms with Crippen molar-refractivity contribution in [3.05, 3.63) is 249 Å². The summed E-state index contributed by atoms with van der Waals surface area (Å²) in [5.74, 6) is 0. The molecule has 12 rings (SSSR count). The highest BCUT2D eigenvalue weighted by atomic mass is 16.3. The Morgan fingerprint density at radius 2 is 0.797 bits per heavy atom. The Morgan fingerprint density at radius 3 is 1.53 bits per heavy atom. The number of hydrogen-bond donors (Lipinski definition) is 0. The number of benzene rings is 11. The molecule has 1 aromatic heterocycles. The lowest BCUT2D eigenvalue weighted by Gasteiger charge is -2.31. The molecule has 0 aliphatic carbocycles. The molecule has 0 saturated heterocycles. The van der Waals surface area contributed by atoms with Crippen molar-refractivity contribution in [1.82, 2.24) is 0 Å². The first-order valence-corrected chi connectivity index (χ1v) is 21.9. The van der Waals surface area contributed by atoms with Crippen molar-refractivity contribution in [2.45, 2.75) is 0 Å². The maximum atomic E-state index is 6.61.